The van der Waals surface area contributed by atoms with E-state index in [0.29, 0.717) is 5.92 Å². The highest BCUT2D eigenvalue weighted by atomic mass is 16.1. The minimum Gasteiger partial charge on any atom is -0.314 e. The first-order valence-electron chi connectivity index (χ1n) is 4.30. The van der Waals surface area contributed by atoms with Crippen molar-refractivity contribution in [2.75, 3.05) is 26.2 Å². The summed E-state index contributed by atoms with van der Waals surface area (Å²) in [7, 11) is 0. The zero-order chi connectivity index (χ0) is 7.94. The van der Waals surface area contributed by atoms with Gasteiger partial charge in [0, 0.05) is 32.1 Å². The molecule has 11 heavy (non-hydrogen) atoms. The normalized spacial score (nSPS) is 23.3. The highest BCUT2D eigenvalue weighted by molar-refractivity contribution is 5.56. The Morgan fingerprint density at radius 2 is 1.45 bits per heavy atom. The second-order valence-corrected chi connectivity index (χ2v) is 2.97. The Hall–Kier alpha value is -0.410. The first-order valence-corrected chi connectivity index (χ1v) is 4.30. The lowest BCUT2D eigenvalue weighted by molar-refractivity contribution is -0.108. The van der Waals surface area contributed by atoms with Crippen molar-refractivity contribution in [3.63, 3.8) is 0 Å². The highest BCUT2D eigenvalue weighted by Crippen LogP contribution is 2.25. The lowest BCUT2D eigenvalue weighted by Gasteiger charge is -2.11. The van der Waals surface area contributed by atoms with Gasteiger partial charge >= 0.3 is 0 Å². The molecule has 3 heteroatoms. The van der Waals surface area contributed by atoms with E-state index in [9.17, 15) is 4.79 Å². The molecule has 0 bridgehead atoms. The molecule has 2 N–H and O–H groups in total. The van der Waals surface area contributed by atoms with Gasteiger partial charge in [-0.15, -0.1) is 0 Å². The van der Waals surface area contributed by atoms with E-state index in [1.54, 1.807) is 0 Å². The van der Waals surface area contributed by atoms with E-state index in [2.05, 4.69) is 10.6 Å². The summed E-state index contributed by atoms with van der Waals surface area (Å²) in [5.74, 6) is 0.454. The monoisotopic (exact) mass is 156 g/mol. The van der Waals surface area contributed by atoms with Crippen LogP contribution in [0, 0.1) is 5.92 Å². The van der Waals surface area contributed by atoms with Crippen LogP contribution in [0.15, 0.2) is 0 Å². The van der Waals surface area contributed by atoms with Gasteiger partial charge in [-0.05, 0) is 12.8 Å². The third-order valence-electron chi connectivity index (χ3n) is 1.77. The molecule has 2 aliphatic rings. The number of hydrogen-bond donors (Lipinski definition) is 2. The van der Waals surface area contributed by atoms with Gasteiger partial charge in [0.25, 0.3) is 0 Å². The van der Waals surface area contributed by atoms with Crippen LogP contribution < -0.4 is 10.6 Å². The first kappa shape index (κ1) is 8.68. The minimum absolute atomic E-state index is 0.454. The van der Waals surface area contributed by atoms with E-state index in [0.717, 1.165) is 45.3 Å². The van der Waals surface area contributed by atoms with E-state index >= 15 is 0 Å². The molecule has 3 nitrogen and oxygen atoms in total. The molecule has 1 saturated heterocycles. The summed E-state index contributed by atoms with van der Waals surface area (Å²) in [6.45, 7) is 4.56. The summed E-state index contributed by atoms with van der Waals surface area (Å²) in [5.41, 5.74) is 0. The van der Waals surface area contributed by atoms with E-state index in [1.165, 1.54) is 0 Å². The van der Waals surface area contributed by atoms with Gasteiger partial charge in [0.1, 0.15) is 6.29 Å². The molecule has 0 spiro atoms. The lowest BCUT2D eigenvalue weighted by atomic mass is 10.4. The molecular weight excluding hydrogens is 140 g/mol. The molecule has 64 valence electrons. The molecule has 1 aliphatic heterocycles. The maximum atomic E-state index is 9.57. The summed E-state index contributed by atoms with van der Waals surface area (Å²) in [6.07, 6.45) is 3.31. The summed E-state index contributed by atoms with van der Waals surface area (Å²) in [4.78, 5) is 9.57. The Kier molecular flexibility index (Phi) is 4.16. The lowest BCUT2D eigenvalue weighted by Crippen LogP contribution is -2.39. The molecule has 0 atom stereocenters. The minimum atomic E-state index is 0.454. The van der Waals surface area contributed by atoms with Gasteiger partial charge in [-0.25, -0.2) is 0 Å². The van der Waals surface area contributed by atoms with Crippen molar-refractivity contribution in [2.45, 2.75) is 12.8 Å². The fourth-order valence-corrected chi connectivity index (χ4v) is 0.836. The van der Waals surface area contributed by atoms with Crippen molar-refractivity contribution >= 4 is 6.29 Å². The highest BCUT2D eigenvalue weighted by Gasteiger charge is 2.18. The van der Waals surface area contributed by atoms with Gasteiger partial charge in [0.2, 0.25) is 0 Å². The third kappa shape index (κ3) is 4.93. The van der Waals surface area contributed by atoms with Crippen LogP contribution in [0.3, 0.4) is 0 Å². The van der Waals surface area contributed by atoms with Crippen LogP contribution >= 0.6 is 0 Å². The smallest absolute Gasteiger partial charge is 0.123 e. The summed E-state index contributed by atoms with van der Waals surface area (Å²) in [5, 5.41) is 6.44. The quantitative estimate of drug-likeness (QED) is 0.515. The number of carbonyl (C=O) groups excluding carboxylic acids is 1. The van der Waals surface area contributed by atoms with Crippen LogP contribution in [-0.4, -0.2) is 32.5 Å². The SMILES string of the molecule is C1CNCCN1.O=CC1CC1. The standard InChI is InChI=1S/C4H10N2.C4H6O/c1-2-6-4-3-5-1;5-3-4-1-2-4/h5-6H,1-4H2;3-4H,1-2H2. The Bertz CT molecular complexity index is 97.1. The first-order chi connectivity index (χ1) is 5.43. The van der Waals surface area contributed by atoms with Crippen LogP contribution in [0.25, 0.3) is 0 Å². The van der Waals surface area contributed by atoms with Gasteiger partial charge in [-0.1, -0.05) is 0 Å². The average Bonchev–Trinajstić information content (AvgIpc) is 2.91. The van der Waals surface area contributed by atoms with Crippen LogP contribution in [0.1, 0.15) is 12.8 Å². The van der Waals surface area contributed by atoms with Gasteiger partial charge in [-0.2, -0.15) is 0 Å². The topological polar surface area (TPSA) is 41.1 Å². The molecule has 0 aromatic heterocycles. The zero-order valence-corrected chi connectivity index (χ0v) is 6.81. The fraction of sp³-hybridized carbons (Fsp3) is 0.875. The van der Waals surface area contributed by atoms with Crippen molar-refractivity contribution in [2.24, 2.45) is 5.92 Å². The molecule has 0 amide bonds. The average molecular weight is 156 g/mol. The van der Waals surface area contributed by atoms with Gasteiger partial charge in [0.15, 0.2) is 0 Å². The molecule has 2 fully saturated rings. The van der Waals surface area contributed by atoms with E-state index in [4.69, 9.17) is 0 Å². The molecule has 2 rings (SSSR count). The second kappa shape index (κ2) is 5.27. The Morgan fingerprint density at radius 3 is 1.55 bits per heavy atom. The zero-order valence-electron chi connectivity index (χ0n) is 6.81. The third-order valence-corrected chi connectivity index (χ3v) is 1.77. The molecule has 1 aliphatic carbocycles. The Morgan fingerprint density at radius 1 is 1.00 bits per heavy atom. The van der Waals surface area contributed by atoms with Gasteiger partial charge in [-0.3, -0.25) is 0 Å². The van der Waals surface area contributed by atoms with E-state index < -0.39 is 0 Å². The number of aldehydes is 1. The molecule has 1 saturated carbocycles. The van der Waals surface area contributed by atoms with Crippen molar-refractivity contribution in [3.05, 3.63) is 0 Å². The molecule has 1 heterocycles. The van der Waals surface area contributed by atoms with Crippen LogP contribution in [0.4, 0.5) is 0 Å². The largest absolute Gasteiger partial charge is 0.314 e. The van der Waals surface area contributed by atoms with Crippen molar-refractivity contribution in [1.82, 2.24) is 10.6 Å². The molecule has 0 aromatic rings. The van der Waals surface area contributed by atoms with Crippen LogP contribution in [-0.2, 0) is 4.79 Å². The summed E-state index contributed by atoms with van der Waals surface area (Å²) < 4.78 is 0. The maximum absolute atomic E-state index is 9.57. The van der Waals surface area contributed by atoms with Gasteiger partial charge < -0.3 is 15.4 Å². The predicted octanol–water partition coefficient (Wildman–Crippen LogP) is -0.226. The molecule has 0 radical (unpaired) electrons. The summed E-state index contributed by atoms with van der Waals surface area (Å²) >= 11 is 0. The van der Waals surface area contributed by atoms with Crippen molar-refractivity contribution < 1.29 is 4.79 Å². The number of piperazine rings is 1. The molecule has 0 aromatic carbocycles. The van der Waals surface area contributed by atoms with E-state index in [1.807, 2.05) is 0 Å². The van der Waals surface area contributed by atoms with Crippen LogP contribution in [0.5, 0.6) is 0 Å². The van der Waals surface area contributed by atoms with Crippen molar-refractivity contribution in [1.29, 1.82) is 0 Å². The number of carbonyl (C=O) groups is 1. The fourth-order valence-electron chi connectivity index (χ4n) is 0.836. The Labute approximate surface area is 67.5 Å². The number of hydrogen-bond acceptors (Lipinski definition) is 3. The Balaban J connectivity index is 0.000000112. The number of nitrogens with one attached hydrogen (secondary N) is 2. The predicted molar refractivity (Wildman–Crippen MR) is 44.5 cm³/mol. The van der Waals surface area contributed by atoms with E-state index in [-0.39, 0.29) is 0 Å². The molecular formula is C8H16N2O. The number of rotatable bonds is 1. The van der Waals surface area contributed by atoms with Gasteiger partial charge in [0.05, 0.1) is 0 Å². The maximum Gasteiger partial charge on any atom is 0.123 e. The second-order valence-electron chi connectivity index (χ2n) is 2.97. The molecule has 0 unspecified atom stereocenters. The van der Waals surface area contributed by atoms with Crippen molar-refractivity contribution in [3.8, 4) is 0 Å². The van der Waals surface area contributed by atoms with Crippen LogP contribution in [0.2, 0.25) is 0 Å². The summed E-state index contributed by atoms with van der Waals surface area (Å²) in [6, 6.07) is 0.